The zero-order chi connectivity index (χ0) is 19.4. The summed E-state index contributed by atoms with van der Waals surface area (Å²) in [6, 6.07) is 1.01. The molecule has 0 aromatic carbocycles. The molecule has 0 radical (unpaired) electrons. The lowest BCUT2D eigenvalue weighted by Crippen LogP contribution is -2.31. The van der Waals surface area contributed by atoms with Gasteiger partial charge < -0.3 is 20.3 Å². The second-order valence-electron chi connectivity index (χ2n) is 7.93. The van der Waals surface area contributed by atoms with Gasteiger partial charge in [0, 0.05) is 30.9 Å². The molecule has 8 heteroatoms. The Morgan fingerprint density at radius 1 is 1.38 bits per heavy atom. The molecule has 7 nitrogen and oxygen atoms in total. The number of carbonyl (C=O) groups is 1. The fraction of sp³-hybridized carbons (Fsp3) is 0.500. The van der Waals surface area contributed by atoms with Gasteiger partial charge in [0.2, 0.25) is 5.43 Å². The van der Waals surface area contributed by atoms with E-state index in [0.29, 0.717) is 13.1 Å². The lowest BCUT2D eigenvalue weighted by atomic mass is 10.1. The van der Waals surface area contributed by atoms with Gasteiger partial charge in [-0.15, -0.1) is 0 Å². The van der Waals surface area contributed by atoms with Gasteiger partial charge in [-0.25, -0.2) is 14.2 Å². The molecule has 1 fully saturated rings. The monoisotopic (exact) mass is 362 g/mol. The van der Waals surface area contributed by atoms with E-state index >= 15 is 0 Å². The van der Waals surface area contributed by atoms with Crippen LogP contribution in [0.5, 0.6) is 0 Å². The van der Waals surface area contributed by atoms with E-state index in [-0.39, 0.29) is 28.8 Å². The quantitative estimate of drug-likeness (QED) is 0.844. The zero-order valence-electron chi connectivity index (χ0n) is 15.3. The lowest BCUT2D eigenvalue weighted by Gasteiger charge is -2.26. The fourth-order valence-electron chi connectivity index (χ4n) is 3.26. The Morgan fingerprint density at radius 3 is 2.54 bits per heavy atom. The molecule has 0 bridgehead atoms. The summed E-state index contributed by atoms with van der Waals surface area (Å²) in [5.41, 5.74) is 4.60. The molecule has 1 aliphatic rings. The zero-order valence-corrected chi connectivity index (χ0v) is 15.3. The molecule has 3 N–H and O–H groups in total. The van der Waals surface area contributed by atoms with Gasteiger partial charge in [0.15, 0.2) is 11.6 Å². The molecule has 0 unspecified atom stereocenters. The molecule has 3 heterocycles. The number of hydrogen-bond donors (Lipinski definition) is 2. The first-order chi connectivity index (χ1) is 12.0. The molecule has 26 heavy (non-hydrogen) atoms. The SMILES string of the molecule is C[C@H]1CN(c2nc3c(cc2F)c(=O)c(C(=O)O)cn3C(C)(C)C)C[C@H]1N. The highest BCUT2D eigenvalue weighted by atomic mass is 19.1. The van der Waals surface area contributed by atoms with Crippen molar-refractivity contribution in [2.24, 2.45) is 11.7 Å². The number of anilines is 1. The van der Waals surface area contributed by atoms with Crippen molar-refractivity contribution < 1.29 is 14.3 Å². The van der Waals surface area contributed by atoms with E-state index in [4.69, 9.17) is 5.73 Å². The van der Waals surface area contributed by atoms with Gasteiger partial charge in [-0.1, -0.05) is 6.92 Å². The minimum atomic E-state index is -1.35. The number of fused-ring (bicyclic) bond motifs is 1. The van der Waals surface area contributed by atoms with Gasteiger partial charge in [0.1, 0.15) is 11.2 Å². The third-order valence-electron chi connectivity index (χ3n) is 4.84. The highest BCUT2D eigenvalue weighted by Crippen LogP contribution is 2.28. The van der Waals surface area contributed by atoms with E-state index in [1.807, 2.05) is 27.7 Å². The third-order valence-corrected chi connectivity index (χ3v) is 4.84. The van der Waals surface area contributed by atoms with E-state index in [2.05, 4.69) is 4.98 Å². The largest absolute Gasteiger partial charge is 0.477 e. The number of hydrogen-bond acceptors (Lipinski definition) is 5. The predicted molar refractivity (Wildman–Crippen MR) is 97.3 cm³/mol. The number of nitrogens with zero attached hydrogens (tertiary/aromatic N) is 3. The Kier molecular flexibility index (Phi) is 4.26. The number of aromatic nitrogens is 2. The molecule has 0 amide bonds. The standard InChI is InChI=1S/C18H23FN4O3/c1-9-6-22(8-13(9)20)16-12(19)5-10-14(24)11(17(25)26)7-23(15(10)21-16)18(2,3)4/h5,7,9,13H,6,8,20H2,1-4H3,(H,25,26)/t9-,13+/m0/s1. The smallest absolute Gasteiger partial charge is 0.341 e. The number of carboxylic acids is 1. The Morgan fingerprint density at radius 2 is 2.04 bits per heavy atom. The van der Waals surface area contributed by atoms with Crippen LogP contribution in [0.1, 0.15) is 38.1 Å². The first kappa shape index (κ1) is 18.3. The second-order valence-corrected chi connectivity index (χ2v) is 7.93. The maximum atomic E-state index is 14.7. The van der Waals surface area contributed by atoms with Crippen molar-refractivity contribution in [3.63, 3.8) is 0 Å². The predicted octanol–water partition coefficient (Wildman–Crippen LogP) is 1.77. The Labute approximate surface area is 150 Å². The summed E-state index contributed by atoms with van der Waals surface area (Å²) in [7, 11) is 0. The highest BCUT2D eigenvalue weighted by molar-refractivity contribution is 5.92. The number of rotatable bonds is 2. The van der Waals surface area contributed by atoms with E-state index in [1.165, 1.54) is 6.20 Å². The van der Waals surface area contributed by atoms with Crippen molar-refractivity contribution in [3.05, 3.63) is 33.9 Å². The highest BCUT2D eigenvalue weighted by Gasteiger charge is 2.30. The molecule has 2 aromatic rings. The number of aromatic carboxylic acids is 1. The molecule has 2 atom stereocenters. The van der Waals surface area contributed by atoms with Gasteiger partial charge in [-0.2, -0.15) is 0 Å². The van der Waals surface area contributed by atoms with E-state index < -0.39 is 28.3 Å². The van der Waals surface area contributed by atoms with Gasteiger partial charge in [0.25, 0.3) is 0 Å². The summed E-state index contributed by atoms with van der Waals surface area (Å²) in [5, 5.41) is 9.28. The second kappa shape index (κ2) is 6.05. The number of nitrogens with two attached hydrogens (primary N) is 1. The number of carboxylic acid groups (broad SMARTS) is 1. The van der Waals surface area contributed by atoms with Crippen LogP contribution in [0.15, 0.2) is 17.1 Å². The lowest BCUT2D eigenvalue weighted by molar-refractivity contribution is 0.0694. The minimum absolute atomic E-state index is 0.0439. The van der Waals surface area contributed by atoms with E-state index in [9.17, 15) is 19.1 Å². The normalized spacial score (nSPS) is 20.8. The van der Waals surface area contributed by atoms with Crippen LogP contribution in [0, 0.1) is 11.7 Å². The Hall–Kier alpha value is -2.48. The maximum absolute atomic E-state index is 14.7. The fourth-order valence-corrected chi connectivity index (χ4v) is 3.26. The molecular weight excluding hydrogens is 339 g/mol. The summed E-state index contributed by atoms with van der Waals surface area (Å²) in [4.78, 5) is 30.1. The van der Waals surface area contributed by atoms with Gasteiger partial charge in [-0.3, -0.25) is 4.79 Å². The Bertz CT molecular complexity index is 938. The first-order valence-corrected chi connectivity index (χ1v) is 8.51. The summed E-state index contributed by atoms with van der Waals surface area (Å²) in [5.74, 6) is -1.67. The van der Waals surface area contributed by atoms with Crippen LogP contribution >= 0.6 is 0 Å². The van der Waals surface area contributed by atoms with Crippen molar-refractivity contribution in [2.75, 3.05) is 18.0 Å². The van der Waals surface area contributed by atoms with Crippen molar-refractivity contribution >= 4 is 22.8 Å². The van der Waals surface area contributed by atoms with Gasteiger partial charge in [0.05, 0.1) is 5.39 Å². The number of halogens is 1. The van der Waals surface area contributed by atoms with E-state index in [1.54, 1.807) is 9.47 Å². The Balaban J connectivity index is 2.31. The van der Waals surface area contributed by atoms with Crippen molar-refractivity contribution in [1.29, 1.82) is 0 Å². The molecule has 0 saturated carbocycles. The molecule has 1 aliphatic heterocycles. The first-order valence-electron chi connectivity index (χ1n) is 8.51. The van der Waals surface area contributed by atoms with Crippen LogP contribution in [-0.2, 0) is 5.54 Å². The van der Waals surface area contributed by atoms with Gasteiger partial charge >= 0.3 is 5.97 Å². The van der Waals surface area contributed by atoms with Crippen LogP contribution in [-0.4, -0.2) is 39.8 Å². The topological polar surface area (TPSA) is 101 Å². The number of pyridine rings is 2. The van der Waals surface area contributed by atoms with Crippen LogP contribution < -0.4 is 16.1 Å². The van der Waals surface area contributed by atoms with Crippen molar-refractivity contribution in [3.8, 4) is 0 Å². The summed E-state index contributed by atoms with van der Waals surface area (Å²) in [6.07, 6.45) is 1.28. The molecule has 3 rings (SSSR count). The molecule has 140 valence electrons. The molecular formula is C18H23FN4O3. The van der Waals surface area contributed by atoms with Crippen LogP contribution in [0.25, 0.3) is 11.0 Å². The molecule has 2 aromatic heterocycles. The molecule has 1 saturated heterocycles. The maximum Gasteiger partial charge on any atom is 0.341 e. The minimum Gasteiger partial charge on any atom is -0.477 e. The third kappa shape index (κ3) is 2.94. The molecule has 0 spiro atoms. The van der Waals surface area contributed by atoms with Crippen LogP contribution in [0.4, 0.5) is 10.2 Å². The van der Waals surface area contributed by atoms with E-state index in [0.717, 1.165) is 6.07 Å². The van der Waals surface area contributed by atoms with Crippen molar-refractivity contribution in [2.45, 2.75) is 39.3 Å². The van der Waals surface area contributed by atoms with Crippen LogP contribution in [0.2, 0.25) is 0 Å². The average molecular weight is 362 g/mol. The molecule has 0 aliphatic carbocycles. The summed E-state index contributed by atoms with van der Waals surface area (Å²) >= 11 is 0. The average Bonchev–Trinajstić information content (AvgIpc) is 2.85. The van der Waals surface area contributed by atoms with Crippen molar-refractivity contribution in [1.82, 2.24) is 9.55 Å². The van der Waals surface area contributed by atoms with Gasteiger partial charge in [-0.05, 0) is 32.8 Å². The summed E-state index contributed by atoms with van der Waals surface area (Å²) < 4.78 is 16.3. The summed E-state index contributed by atoms with van der Waals surface area (Å²) in [6.45, 7) is 8.63. The van der Waals surface area contributed by atoms with Crippen LogP contribution in [0.3, 0.4) is 0 Å².